The first-order valence-electron chi connectivity index (χ1n) is 12.9. The minimum atomic E-state index is -4.89. The van der Waals surface area contributed by atoms with Crippen molar-refractivity contribution < 1.29 is 35.1 Å². The lowest BCUT2D eigenvalue weighted by Gasteiger charge is -2.26. The van der Waals surface area contributed by atoms with E-state index in [1.807, 2.05) is 0 Å². The molecule has 3 aromatic carbocycles. The van der Waals surface area contributed by atoms with Crippen LogP contribution >= 0.6 is 0 Å². The second kappa shape index (κ2) is 11.9. The van der Waals surface area contributed by atoms with Crippen molar-refractivity contribution in [3.8, 4) is 22.6 Å². The first-order chi connectivity index (χ1) is 20.4. The summed E-state index contributed by atoms with van der Waals surface area (Å²) in [5.41, 5.74) is 7.45. The van der Waals surface area contributed by atoms with Crippen molar-refractivity contribution in [1.82, 2.24) is 13.9 Å². The average molecular weight is 637 g/mol. The zero-order chi connectivity index (χ0) is 32.6. The van der Waals surface area contributed by atoms with Crippen LogP contribution in [-0.2, 0) is 15.9 Å². The summed E-state index contributed by atoms with van der Waals surface area (Å²) in [5, 5.41) is 1.14. The number of nitrogens with zero attached hydrogens (tertiary/aromatic N) is 4. The number of rotatable bonds is 9. The minimum absolute atomic E-state index is 0.0409. The maximum atomic E-state index is 14.2. The Kier molecular flexibility index (Phi) is 8.77. The number of hydrogen-bond donors (Lipinski definition) is 2. The molecule has 0 saturated heterocycles. The standard InChI is InChI=1S/C29H29F5N6O3S/c1-18-37-27(28(2,30)31)17-39(18)24-13-10-21(20-6-5-7-23(14-20)44(41,42)38(3)4)15-25(24)40(36)26(16-35)19-8-11-22(12-9-19)43-29(32,33)34/h5-17H,35-36H2,1-4H3/b26-16-. The molecule has 4 N–H and O–H groups in total. The van der Waals surface area contributed by atoms with Gasteiger partial charge in [-0.3, -0.25) is 5.01 Å². The smallest absolute Gasteiger partial charge is 0.406 e. The summed E-state index contributed by atoms with van der Waals surface area (Å²) in [6, 6.07) is 15.9. The summed E-state index contributed by atoms with van der Waals surface area (Å²) in [6.07, 6.45) is -2.59. The van der Waals surface area contributed by atoms with E-state index in [4.69, 9.17) is 11.6 Å². The molecule has 15 heteroatoms. The SMILES string of the molecule is Cc1nc(C(C)(F)F)cn1-c1ccc(-c2cccc(S(=O)(=O)N(C)C)c2)cc1N(N)/C(=C\N)c1ccc(OC(F)(F)F)cc1. The summed E-state index contributed by atoms with van der Waals surface area (Å²) in [5.74, 6) is 3.10. The molecule has 0 aliphatic carbocycles. The molecule has 4 rings (SSSR count). The van der Waals surface area contributed by atoms with Crippen LogP contribution in [0.5, 0.6) is 5.75 Å². The highest BCUT2D eigenvalue weighted by Crippen LogP contribution is 2.36. The Morgan fingerprint density at radius 3 is 2.16 bits per heavy atom. The number of ether oxygens (including phenoxy) is 1. The van der Waals surface area contributed by atoms with Crippen LogP contribution in [0, 0.1) is 6.92 Å². The van der Waals surface area contributed by atoms with Crippen molar-refractivity contribution in [2.24, 2.45) is 11.6 Å². The molecule has 4 aromatic rings. The molecule has 1 aromatic heterocycles. The molecule has 0 fully saturated rings. The third-order valence-corrected chi connectivity index (χ3v) is 8.38. The van der Waals surface area contributed by atoms with Gasteiger partial charge in [-0.25, -0.2) is 23.5 Å². The average Bonchev–Trinajstić information content (AvgIpc) is 3.35. The quantitative estimate of drug-likeness (QED) is 0.137. The summed E-state index contributed by atoms with van der Waals surface area (Å²) in [4.78, 5) is 4.03. The molecular weight excluding hydrogens is 607 g/mol. The molecule has 0 radical (unpaired) electrons. The maximum absolute atomic E-state index is 14.2. The second-order valence-electron chi connectivity index (χ2n) is 9.94. The number of hydrazine groups is 1. The van der Waals surface area contributed by atoms with Crippen molar-refractivity contribution in [3.05, 3.63) is 96.2 Å². The van der Waals surface area contributed by atoms with Crippen LogP contribution in [0.2, 0.25) is 0 Å². The number of anilines is 1. The first kappa shape index (κ1) is 32.4. The number of nitrogens with two attached hydrogens (primary N) is 2. The van der Waals surface area contributed by atoms with Gasteiger partial charge >= 0.3 is 6.36 Å². The third kappa shape index (κ3) is 6.85. The highest BCUT2D eigenvalue weighted by molar-refractivity contribution is 7.89. The number of alkyl halides is 5. The van der Waals surface area contributed by atoms with Gasteiger partial charge in [-0.15, -0.1) is 13.2 Å². The van der Waals surface area contributed by atoms with Gasteiger partial charge in [-0.2, -0.15) is 8.78 Å². The number of benzene rings is 3. The van der Waals surface area contributed by atoms with E-state index in [0.717, 1.165) is 27.6 Å². The van der Waals surface area contributed by atoms with Crippen molar-refractivity contribution in [2.75, 3.05) is 19.1 Å². The molecule has 44 heavy (non-hydrogen) atoms. The molecule has 0 atom stereocenters. The van der Waals surface area contributed by atoms with Gasteiger partial charge in [-0.1, -0.05) is 18.2 Å². The van der Waals surface area contributed by atoms with Crippen molar-refractivity contribution in [1.29, 1.82) is 0 Å². The van der Waals surface area contributed by atoms with Crippen molar-refractivity contribution in [3.63, 3.8) is 0 Å². The summed E-state index contributed by atoms with van der Waals surface area (Å²) in [6.45, 7) is 2.25. The Morgan fingerprint density at radius 2 is 1.61 bits per heavy atom. The highest BCUT2D eigenvalue weighted by Gasteiger charge is 2.31. The molecule has 9 nitrogen and oxygen atoms in total. The van der Waals surface area contributed by atoms with E-state index in [1.54, 1.807) is 30.3 Å². The van der Waals surface area contributed by atoms with Crippen molar-refractivity contribution in [2.45, 2.75) is 31.0 Å². The molecule has 0 amide bonds. The van der Waals surface area contributed by atoms with Gasteiger partial charge in [-0.05, 0) is 66.6 Å². The zero-order valence-corrected chi connectivity index (χ0v) is 24.8. The number of imidazole rings is 1. The zero-order valence-electron chi connectivity index (χ0n) is 24.0. The predicted octanol–water partition coefficient (Wildman–Crippen LogP) is 5.75. The summed E-state index contributed by atoms with van der Waals surface area (Å²) < 4.78 is 98.3. The fourth-order valence-electron chi connectivity index (χ4n) is 4.35. The lowest BCUT2D eigenvalue weighted by Crippen LogP contribution is -2.31. The number of aryl methyl sites for hydroxylation is 1. The van der Waals surface area contributed by atoms with Crippen LogP contribution < -0.4 is 21.3 Å². The summed E-state index contributed by atoms with van der Waals surface area (Å²) in [7, 11) is -0.946. The Hall–Kier alpha value is -4.47. The van der Waals surface area contributed by atoms with Crippen LogP contribution in [0.15, 0.2) is 84.0 Å². The normalized spacial score (nSPS) is 12.9. The first-order valence-corrected chi connectivity index (χ1v) is 14.3. The minimum Gasteiger partial charge on any atom is -0.406 e. The maximum Gasteiger partial charge on any atom is 0.573 e. The van der Waals surface area contributed by atoms with E-state index in [2.05, 4.69) is 9.72 Å². The van der Waals surface area contributed by atoms with Gasteiger partial charge in [0, 0.05) is 39.0 Å². The fourth-order valence-corrected chi connectivity index (χ4v) is 5.30. The topological polar surface area (TPSA) is 120 Å². The van der Waals surface area contributed by atoms with Gasteiger partial charge in [0.2, 0.25) is 10.0 Å². The summed E-state index contributed by atoms with van der Waals surface area (Å²) >= 11 is 0. The highest BCUT2D eigenvalue weighted by atomic mass is 32.2. The number of sulfonamides is 1. The Morgan fingerprint density at radius 1 is 0.977 bits per heavy atom. The molecule has 0 aliphatic rings. The van der Waals surface area contributed by atoms with Gasteiger partial charge < -0.3 is 15.0 Å². The van der Waals surface area contributed by atoms with Gasteiger partial charge in [0.05, 0.1) is 22.0 Å². The Balaban J connectivity index is 1.87. The van der Waals surface area contributed by atoms with E-state index in [0.29, 0.717) is 29.3 Å². The molecular formula is C29H29F5N6O3S. The largest absolute Gasteiger partial charge is 0.573 e. The number of halogens is 5. The monoisotopic (exact) mass is 636 g/mol. The molecule has 0 bridgehead atoms. The molecule has 0 aliphatic heterocycles. The Bertz CT molecular complexity index is 1800. The molecule has 234 valence electrons. The lowest BCUT2D eigenvalue weighted by atomic mass is 10.0. The predicted molar refractivity (Wildman–Crippen MR) is 156 cm³/mol. The molecule has 0 spiro atoms. The van der Waals surface area contributed by atoms with Crippen LogP contribution in [0.1, 0.15) is 24.0 Å². The molecule has 1 heterocycles. The number of aromatic nitrogens is 2. The fraction of sp³-hybridized carbons (Fsp3) is 0.207. The van der Waals surface area contributed by atoms with Crippen LogP contribution in [0.25, 0.3) is 22.5 Å². The van der Waals surface area contributed by atoms with Crippen molar-refractivity contribution >= 4 is 21.4 Å². The van der Waals surface area contributed by atoms with E-state index in [9.17, 15) is 30.4 Å². The van der Waals surface area contributed by atoms with Crippen LogP contribution in [0.3, 0.4) is 0 Å². The van der Waals surface area contributed by atoms with Crippen LogP contribution in [-0.4, -0.2) is 42.7 Å². The van der Waals surface area contributed by atoms with Gasteiger partial charge in [0.1, 0.15) is 17.3 Å². The van der Waals surface area contributed by atoms with Gasteiger partial charge in [0.15, 0.2) is 0 Å². The second-order valence-corrected chi connectivity index (χ2v) is 12.1. The lowest BCUT2D eigenvalue weighted by molar-refractivity contribution is -0.274. The van der Waals surface area contributed by atoms with E-state index >= 15 is 0 Å². The van der Waals surface area contributed by atoms with E-state index in [-0.39, 0.29) is 22.1 Å². The Labute approximate surface area is 250 Å². The van der Waals surface area contributed by atoms with Crippen LogP contribution in [0.4, 0.5) is 27.6 Å². The molecule has 0 saturated carbocycles. The third-order valence-electron chi connectivity index (χ3n) is 6.57. The van der Waals surface area contributed by atoms with E-state index in [1.165, 1.54) is 56.0 Å². The molecule has 0 unspecified atom stereocenters. The van der Waals surface area contributed by atoms with E-state index < -0.39 is 33.8 Å². The van der Waals surface area contributed by atoms with Gasteiger partial charge in [0.25, 0.3) is 5.92 Å². The number of hydrogen-bond acceptors (Lipinski definition) is 7.